The molecule has 0 bridgehead atoms. The fraction of sp³-hybridized carbons (Fsp3) is 0.304. The zero-order valence-electron chi connectivity index (χ0n) is 16.9. The summed E-state index contributed by atoms with van der Waals surface area (Å²) in [6.45, 7) is 6.72. The number of carbonyl (C=O) groups is 2. The number of aliphatic carboxylic acids is 1. The van der Waals surface area contributed by atoms with Crippen LogP contribution in [0.4, 0.5) is 4.79 Å². The van der Waals surface area contributed by atoms with Gasteiger partial charge in [-0.3, -0.25) is 0 Å². The molecule has 6 heteroatoms. The van der Waals surface area contributed by atoms with Gasteiger partial charge in [-0.1, -0.05) is 48.9 Å². The second kappa shape index (κ2) is 8.82. The summed E-state index contributed by atoms with van der Waals surface area (Å²) < 4.78 is 7.30. The van der Waals surface area contributed by atoms with Gasteiger partial charge in [-0.2, -0.15) is 0 Å². The summed E-state index contributed by atoms with van der Waals surface area (Å²) in [5.74, 6) is -1.53. The van der Waals surface area contributed by atoms with Crippen LogP contribution in [0.15, 0.2) is 54.7 Å². The minimum absolute atomic E-state index is 0.0850. The molecule has 0 aliphatic carbocycles. The molecular formula is C23H26N2O4. The van der Waals surface area contributed by atoms with E-state index in [4.69, 9.17) is 4.74 Å². The number of amides is 1. The van der Waals surface area contributed by atoms with E-state index in [2.05, 4.69) is 16.0 Å². The maximum absolute atomic E-state index is 12.2. The van der Waals surface area contributed by atoms with Gasteiger partial charge in [-0.25, -0.2) is 9.59 Å². The van der Waals surface area contributed by atoms with Crippen molar-refractivity contribution in [3.63, 3.8) is 0 Å². The van der Waals surface area contributed by atoms with E-state index in [9.17, 15) is 14.7 Å². The zero-order chi connectivity index (χ0) is 21.0. The standard InChI is InChI=1S/C23H26N2O4/c1-4-25-13-19(18-12-15(2)10-11-20(18)25)16(3)21(22(26)27)24-23(28)29-14-17-8-6-5-7-9-17/h5-13,16,21H,4,14H2,1-3H3,(H,24,28)(H,26,27)/t16-,21-/m1/s1. The lowest BCUT2D eigenvalue weighted by atomic mass is 9.92. The van der Waals surface area contributed by atoms with Crippen LogP contribution < -0.4 is 5.32 Å². The number of carbonyl (C=O) groups excluding carboxylic acids is 1. The molecule has 2 aromatic carbocycles. The Hall–Kier alpha value is -3.28. The number of carboxylic acids is 1. The second-order valence-corrected chi connectivity index (χ2v) is 7.20. The van der Waals surface area contributed by atoms with E-state index >= 15 is 0 Å². The maximum Gasteiger partial charge on any atom is 0.408 e. The van der Waals surface area contributed by atoms with Gasteiger partial charge in [-0.15, -0.1) is 0 Å². The lowest BCUT2D eigenvalue weighted by molar-refractivity contribution is -0.139. The highest BCUT2D eigenvalue weighted by atomic mass is 16.5. The first-order chi connectivity index (χ1) is 13.9. The van der Waals surface area contributed by atoms with Crippen molar-refractivity contribution >= 4 is 23.0 Å². The number of aromatic nitrogens is 1. The first-order valence-corrected chi connectivity index (χ1v) is 9.70. The summed E-state index contributed by atoms with van der Waals surface area (Å²) in [5, 5.41) is 13.3. The number of benzene rings is 2. The van der Waals surface area contributed by atoms with Crippen LogP contribution in [0.25, 0.3) is 10.9 Å². The number of aryl methyl sites for hydroxylation is 2. The van der Waals surface area contributed by atoms with Crippen molar-refractivity contribution in [2.24, 2.45) is 0 Å². The Morgan fingerprint density at radius 1 is 1.17 bits per heavy atom. The molecule has 29 heavy (non-hydrogen) atoms. The highest BCUT2D eigenvalue weighted by molar-refractivity contribution is 5.87. The molecule has 0 aliphatic heterocycles. The van der Waals surface area contributed by atoms with Crippen LogP contribution in [-0.4, -0.2) is 27.8 Å². The number of hydrogen-bond acceptors (Lipinski definition) is 3. The fourth-order valence-corrected chi connectivity index (χ4v) is 3.53. The van der Waals surface area contributed by atoms with E-state index in [0.717, 1.165) is 34.1 Å². The van der Waals surface area contributed by atoms with Gasteiger partial charge < -0.3 is 19.7 Å². The molecule has 3 rings (SSSR count). The number of nitrogens with one attached hydrogen (secondary N) is 1. The van der Waals surface area contributed by atoms with Gasteiger partial charge in [0.1, 0.15) is 12.6 Å². The molecule has 3 aromatic rings. The quantitative estimate of drug-likeness (QED) is 0.620. The highest BCUT2D eigenvalue weighted by Gasteiger charge is 2.30. The molecule has 0 radical (unpaired) electrons. The molecule has 152 valence electrons. The Bertz CT molecular complexity index is 1010. The Morgan fingerprint density at radius 3 is 2.55 bits per heavy atom. The van der Waals surface area contributed by atoms with E-state index in [1.54, 1.807) is 0 Å². The van der Waals surface area contributed by atoms with E-state index in [1.807, 2.05) is 69.4 Å². The molecule has 2 N–H and O–H groups in total. The molecule has 0 spiro atoms. The average Bonchev–Trinajstić information content (AvgIpc) is 3.08. The number of nitrogens with zero attached hydrogens (tertiary/aromatic N) is 1. The predicted octanol–water partition coefficient (Wildman–Crippen LogP) is 4.45. The van der Waals surface area contributed by atoms with Crippen LogP contribution >= 0.6 is 0 Å². The summed E-state index contributed by atoms with van der Waals surface area (Å²) in [6, 6.07) is 14.3. The molecule has 6 nitrogen and oxygen atoms in total. The van der Waals surface area contributed by atoms with Gasteiger partial charge >= 0.3 is 12.1 Å². The Labute approximate surface area is 170 Å². The molecule has 1 aromatic heterocycles. The molecule has 0 fully saturated rings. The van der Waals surface area contributed by atoms with E-state index in [0.29, 0.717) is 0 Å². The van der Waals surface area contributed by atoms with Crippen LogP contribution in [0.5, 0.6) is 0 Å². The van der Waals surface area contributed by atoms with Gasteiger partial charge in [0, 0.05) is 29.6 Å². The number of fused-ring (bicyclic) bond motifs is 1. The Morgan fingerprint density at radius 2 is 1.90 bits per heavy atom. The second-order valence-electron chi connectivity index (χ2n) is 7.20. The average molecular weight is 394 g/mol. The Balaban J connectivity index is 1.80. The molecule has 0 saturated heterocycles. The lowest BCUT2D eigenvalue weighted by Crippen LogP contribution is -2.44. The topological polar surface area (TPSA) is 80.6 Å². The first-order valence-electron chi connectivity index (χ1n) is 9.70. The van der Waals surface area contributed by atoms with Crippen molar-refractivity contribution in [2.75, 3.05) is 0 Å². The third kappa shape index (κ3) is 4.59. The predicted molar refractivity (Wildman–Crippen MR) is 112 cm³/mol. The van der Waals surface area contributed by atoms with Gasteiger partial charge in [0.25, 0.3) is 0 Å². The van der Waals surface area contributed by atoms with Crippen molar-refractivity contribution in [1.29, 1.82) is 0 Å². The third-order valence-electron chi connectivity index (χ3n) is 5.15. The van der Waals surface area contributed by atoms with E-state index in [-0.39, 0.29) is 6.61 Å². The minimum Gasteiger partial charge on any atom is -0.480 e. The highest BCUT2D eigenvalue weighted by Crippen LogP contribution is 2.31. The van der Waals surface area contributed by atoms with Gasteiger partial charge in [-0.05, 0) is 37.1 Å². The summed E-state index contributed by atoms with van der Waals surface area (Å²) in [7, 11) is 0. The SMILES string of the molecule is CCn1cc([C@@H](C)[C@@H](NC(=O)OCc2ccccc2)C(=O)O)c2cc(C)ccc21. The Kier molecular flexibility index (Phi) is 6.22. The van der Waals surface area contributed by atoms with E-state index < -0.39 is 24.0 Å². The van der Waals surface area contributed by atoms with Crippen molar-refractivity contribution in [2.45, 2.75) is 45.9 Å². The minimum atomic E-state index is -1.10. The van der Waals surface area contributed by atoms with Crippen molar-refractivity contribution in [3.8, 4) is 0 Å². The number of hydrogen-bond donors (Lipinski definition) is 2. The number of carboxylic acid groups (broad SMARTS) is 1. The van der Waals surface area contributed by atoms with Crippen LogP contribution in [0, 0.1) is 6.92 Å². The normalized spacial score (nSPS) is 13.1. The molecular weight excluding hydrogens is 368 g/mol. The van der Waals surface area contributed by atoms with Crippen molar-refractivity contribution in [3.05, 3.63) is 71.4 Å². The molecule has 0 saturated carbocycles. The van der Waals surface area contributed by atoms with E-state index in [1.165, 1.54) is 0 Å². The summed E-state index contributed by atoms with van der Waals surface area (Å²) in [6.07, 6.45) is 1.23. The van der Waals surface area contributed by atoms with Crippen LogP contribution in [0.2, 0.25) is 0 Å². The number of alkyl carbamates (subject to hydrolysis) is 1. The smallest absolute Gasteiger partial charge is 0.408 e. The maximum atomic E-state index is 12.2. The molecule has 1 amide bonds. The van der Waals surface area contributed by atoms with Gasteiger partial charge in [0.15, 0.2) is 0 Å². The summed E-state index contributed by atoms with van der Waals surface area (Å²) in [4.78, 5) is 24.2. The molecule has 2 atom stereocenters. The van der Waals surface area contributed by atoms with Crippen LogP contribution in [-0.2, 0) is 22.7 Å². The van der Waals surface area contributed by atoms with Crippen LogP contribution in [0.1, 0.15) is 36.5 Å². The molecule has 1 heterocycles. The van der Waals surface area contributed by atoms with Crippen molar-refractivity contribution in [1.82, 2.24) is 9.88 Å². The number of ether oxygens (including phenoxy) is 1. The monoisotopic (exact) mass is 394 g/mol. The zero-order valence-corrected chi connectivity index (χ0v) is 16.9. The van der Waals surface area contributed by atoms with Gasteiger partial charge in [0.2, 0.25) is 0 Å². The van der Waals surface area contributed by atoms with Crippen LogP contribution in [0.3, 0.4) is 0 Å². The first kappa shape index (κ1) is 20.5. The molecule has 0 unspecified atom stereocenters. The fourth-order valence-electron chi connectivity index (χ4n) is 3.53. The summed E-state index contributed by atoms with van der Waals surface area (Å²) >= 11 is 0. The molecule has 0 aliphatic rings. The lowest BCUT2D eigenvalue weighted by Gasteiger charge is -2.21. The van der Waals surface area contributed by atoms with Crippen molar-refractivity contribution < 1.29 is 19.4 Å². The largest absolute Gasteiger partial charge is 0.480 e. The van der Waals surface area contributed by atoms with Gasteiger partial charge in [0.05, 0.1) is 0 Å². The third-order valence-corrected chi connectivity index (χ3v) is 5.15. The summed E-state index contributed by atoms with van der Waals surface area (Å²) in [5.41, 5.74) is 3.88. The number of rotatable bonds is 7.